The van der Waals surface area contributed by atoms with Crippen LogP contribution in [0.25, 0.3) is 0 Å². The van der Waals surface area contributed by atoms with Gasteiger partial charge in [0.25, 0.3) is 0 Å². The van der Waals surface area contributed by atoms with Crippen LogP contribution in [-0.4, -0.2) is 47.7 Å². The molecular formula is C11H14N4OS. The number of nitrogens with zero attached hydrogens (tertiary/aromatic N) is 4. The Bertz CT molecular complexity index is 443. The van der Waals surface area contributed by atoms with Gasteiger partial charge in [-0.15, -0.1) is 11.3 Å². The average Bonchev–Trinajstić information content (AvgIpc) is 2.77. The van der Waals surface area contributed by atoms with E-state index in [0.29, 0.717) is 12.1 Å². The summed E-state index contributed by atoms with van der Waals surface area (Å²) in [5.41, 5.74) is 0.602. The molecule has 5 nitrogen and oxygen atoms in total. The van der Waals surface area contributed by atoms with Gasteiger partial charge in [-0.25, -0.2) is 0 Å². The van der Waals surface area contributed by atoms with E-state index in [1.165, 1.54) is 11.3 Å². The predicted molar refractivity (Wildman–Crippen MR) is 67.2 cm³/mol. The highest BCUT2D eigenvalue weighted by Crippen LogP contribution is 2.24. The highest BCUT2D eigenvalue weighted by Gasteiger charge is 2.19. The Kier molecular flexibility index (Phi) is 3.61. The normalized spacial score (nSPS) is 16.8. The van der Waals surface area contributed by atoms with Crippen molar-refractivity contribution in [1.29, 1.82) is 5.26 Å². The molecule has 1 saturated heterocycles. The van der Waals surface area contributed by atoms with Crippen molar-refractivity contribution in [3.8, 4) is 11.9 Å². The molecule has 0 atom stereocenters. The maximum Gasteiger partial charge on any atom is 0.223 e. The summed E-state index contributed by atoms with van der Waals surface area (Å²) in [6.45, 7) is 7.85. The number of hydrogen-bond donors (Lipinski definition) is 1. The van der Waals surface area contributed by atoms with Gasteiger partial charge in [-0.3, -0.25) is 4.90 Å². The number of hydrogen-bond acceptors (Lipinski definition) is 6. The van der Waals surface area contributed by atoms with Gasteiger partial charge in [0.15, 0.2) is 5.13 Å². The molecule has 0 amide bonds. The summed E-state index contributed by atoms with van der Waals surface area (Å²) >= 11 is 1.45. The fraction of sp³-hybridized carbons (Fsp3) is 0.455. The molecule has 0 bridgehead atoms. The fourth-order valence-corrected chi connectivity index (χ4v) is 2.55. The molecule has 1 aliphatic heterocycles. The van der Waals surface area contributed by atoms with Gasteiger partial charge in [0.2, 0.25) is 5.88 Å². The fourth-order valence-electron chi connectivity index (χ4n) is 1.80. The second kappa shape index (κ2) is 5.17. The molecular weight excluding hydrogens is 236 g/mol. The van der Waals surface area contributed by atoms with Crippen LogP contribution in [-0.2, 0) is 0 Å². The first kappa shape index (κ1) is 11.9. The maximum absolute atomic E-state index is 9.20. The van der Waals surface area contributed by atoms with Gasteiger partial charge in [0.1, 0.15) is 0 Å². The molecule has 1 aromatic rings. The molecule has 0 spiro atoms. The molecule has 6 heteroatoms. The lowest BCUT2D eigenvalue weighted by atomic mass is 10.2. The SMILES string of the molecule is C=C(C#N)CN1CCN(c2nc(O)cs2)CC1. The van der Waals surface area contributed by atoms with Crippen LogP contribution in [0.3, 0.4) is 0 Å². The van der Waals surface area contributed by atoms with Gasteiger partial charge in [0.05, 0.1) is 11.4 Å². The zero-order valence-corrected chi connectivity index (χ0v) is 10.3. The van der Waals surface area contributed by atoms with Crippen molar-refractivity contribution in [2.75, 3.05) is 37.6 Å². The van der Waals surface area contributed by atoms with Crippen LogP contribution in [0.4, 0.5) is 5.13 Å². The van der Waals surface area contributed by atoms with E-state index in [4.69, 9.17) is 5.26 Å². The van der Waals surface area contributed by atoms with Crippen LogP contribution in [0.15, 0.2) is 17.5 Å². The van der Waals surface area contributed by atoms with Crippen LogP contribution < -0.4 is 4.90 Å². The average molecular weight is 250 g/mol. The Morgan fingerprint density at radius 1 is 1.53 bits per heavy atom. The lowest BCUT2D eigenvalue weighted by Crippen LogP contribution is -2.46. The molecule has 1 fully saturated rings. The molecule has 0 saturated carbocycles. The van der Waals surface area contributed by atoms with Crippen LogP contribution in [0.2, 0.25) is 0 Å². The Morgan fingerprint density at radius 3 is 2.76 bits per heavy atom. The molecule has 0 unspecified atom stereocenters. The number of thiazole rings is 1. The van der Waals surface area contributed by atoms with E-state index in [9.17, 15) is 5.11 Å². The summed E-state index contributed by atoms with van der Waals surface area (Å²) in [5.74, 6) is 0.0882. The molecule has 1 aromatic heterocycles. The third-order valence-corrected chi connectivity index (χ3v) is 3.58. The first-order chi connectivity index (χ1) is 8.19. The summed E-state index contributed by atoms with van der Waals surface area (Å²) < 4.78 is 0. The smallest absolute Gasteiger partial charge is 0.223 e. The Balaban J connectivity index is 1.86. The van der Waals surface area contributed by atoms with Crippen molar-refractivity contribution in [3.05, 3.63) is 17.5 Å². The largest absolute Gasteiger partial charge is 0.493 e. The van der Waals surface area contributed by atoms with Crippen molar-refractivity contribution >= 4 is 16.5 Å². The van der Waals surface area contributed by atoms with E-state index in [-0.39, 0.29) is 5.88 Å². The van der Waals surface area contributed by atoms with Gasteiger partial charge < -0.3 is 10.0 Å². The quantitative estimate of drug-likeness (QED) is 0.812. The van der Waals surface area contributed by atoms with Crippen LogP contribution >= 0.6 is 11.3 Å². The maximum atomic E-state index is 9.20. The number of aromatic hydroxyl groups is 1. The van der Waals surface area contributed by atoms with Gasteiger partial charge in [-0.2, -0.15) is 10.2 Å². The van der Waals surface area contributed by atoms with Crippen LogP contribution in [0.1, 0.15) is 0 Å². The number of piperazine rings is 1. The lowest BCUT2D eigenvalue weighted by Gasteiger charge is -2.34. The first-order valence-electron chi connectivity index (χ1n) is 5.38. The first-order valence-corrected chi connectivity index (χ1v) is 6.26. The number of rotatable bonds is 3. The number of aromatic nitrogens is 1. The van der Waals surface area contributed by atoms with E-state index in [0.717, 1.165) is 31.3 Å². The minimum absolute atomic E-state index is 0.0882. The minimum Gasteiger partial charge on any atom is -0.493 e. The van der Waals surface area contributed by atoms with E-state index in [2.05, 4.69) is 27.4 Å². The Hall–Kier alpha value is -1.58. The summed E-state index contributed by atoms with van der Waals surface area (Å²) in [6, 6.07) is 2.07. The molecule has 90 valence electrons. The monoisotopic (exact) mass is 250 g/mol. The summed E-state index contributed by atoms with van der Waals surface area (Å²) in [7, 11) is 0. The molecule has 2 rings (SSSR count). The topological polar surface area (TPSA) is 63.4 Å². The minimum atomic E-state index is 0.0882. The van der Waals surface area contributed by atoms with Gasteiger partial charge in [-0.05, 0) is 0 Å². The van der Waals surface area contributed by atoms with Gasteiger partial charge in [0, 0.05) is 38.3 Å². The summed E-state index contributed by atoms with van der Waals surface area (Å²) in [5, 5.41) is 20.4. The standard InChI is InChI=1S/C11H14N4OS/c1-9(6-12)7-14-2-4-15(5-3-14)11-13-10(16)8-17-11/h8,16H,1-5,7H2. The summed E-state index contributed by atoms with van der Waals surface area (Å²) in [4.78, 5) is 8.40. The van der Waals surface area contributed by atoms with E-state index < -0.39 is 0 Å². The predicted octanol–water partition coefficient (Wildman–Crippen LogP) is 1.05. The van der Waals surface area contributed by atoms with E-state index in [1.807, 2.05) is 0 Å². The highest BCUT2D eigenvalue weighted by molar-refractivity contribution is 7.13. The van der Waals surface area contributed by atoms with Gasteiger partial charge in [-0.1, -0.05) is 6.58 Å². The van der Waals surface area contributed by atoms with E-state index >= 15 is 0 Å². The third-order valence-electron chi connectivity index (χ3n) is 2.70. The molecule has 2 heterocycles. The molecule has 17 heavy (non-hydrogen) atoms. The number of anilines is 1. The van der Waals surface area contributed by atoms with Crippen molar-refractivity contribution in [2.24, 2.45) is 0 Å². The zero-order valence-electron chi connectivity index (χ0n) is 9.46. The molecule has 1 aliphatic rings. The molecule has 0 aromatic carbocycles. The third kappa shape index (κ3) is 2.96. The second-order valence-electron chi connectivity index (χ2n) is 3.97. The molecule has 1 N–H and O–H groups in total. The second-order valence-corrected chi connectivity index (χ2v) is 4.80. The number of nitriles is 1. The highest BCUT2D eigenvalue weighted by atomic mass is 32.1. The Labute approximate surface area is 104 Å². The van der Waals surface area contributed by atoms with E-state index in [1.54, 1.807) is 5.38 Å². The van der Waals surface area contributed by atoms with Crippen molar-refractivity contribution in [3.63, 3.8) is 0 Å². The zero-order chi connectivity index (χ0) is 12.3. The lowest BCUT2D eigenvalue weighted by molar-refractivity contribution is 0.280. The van der Waals surface area contributed by atoms with Crippen molar-refractivity contribution < 1.29 is 5.11 Å². The Morgan fingerprint density at radius 2 is 2.24 bits per heavy atom. The van der Waals surface area contributed by atoms with Crippen LogP contribution in [0.5, 0.6) is 5.88 Å². The summed E-state index contributed by atoms with van der Waals surface area (Å²) in [6.07, 6.45) is 0. The van der Waals surface area contributed by atoms with Crippen molar-refractivity contribution in [2.45, 2.75) is 0 Å². The van der Waals surface area contributed by atoms with Gasteiger partial charge >= 0.3 is 0 Å². The van der Waals surface area contributed by atoms with Crippen LogP contribution in [0, 0.1) is 11.3 Å². The molecule has 0 aliphatic carbocycles. The molecule has 0 radical (unpaired) electrons. The van der Waals surface area contributed by atoms with Crippen molar-refractivity contribution in [1.82, 2.24) is 9.88 Å².